The van der Waals surface area contributed by atoms with E-state index in [1.165, 1.54) is 0 Å². The van der Waals surface area contributed by atoms with Gasteiger partial charge in [-0.1, -0.05) is 41.9 Å². The molecule has 112 valence electrons. The molecule has 0 unspecified atom stereocenters. The zero-order chi connectivity index (χ0) is 15.5. The minimum atomic E-state index is -0.686. The molecule has 6 heteroatoms. The van der Waals surface area contributed by atoms with E-state index in [0.717, 1.165) is 5.56 Å². The fourth-order valence-electron chi connectivity index (χ4n) is 2.37. The molecule has 2 amide bonds. The van der Waals surface area contributed by atoms with Crippen molar-refractivity contribution in [3.05, 3.63) is 70.7 Å². The van der Waals surface area contributed by atoms with Crippen LogP contribution in [-0.2, 0) is 4.79 Å². The lowest BCUT2D eigenvalue weighted by Crippen LogP contribution is -2.42. The summed E-state index contributed by atoms with van der Waals surface area (Å²) in [6, 6.07) is 14.9. The minimum Gasteiger partial charge on any atom is -0.338 e. The number of hydrogen-bond acceptors (Lipinski definition) is 3. The molecule has 2 aromatic carbocycles. The molecule has 0 saturated carbocycles. The third kappa shape index (κ3) is 2.95. The van der Waals surface area contributed by atoms with Gasteiger partial charge in [-0.05, 0) is 29.8 Å². The van der Waals surface area contributed by atoms with Gasteiger partial charge in [0, 0.05) is 10.6 Å². The summed E-state index contributed by atoms with van der Waals surface area (Å²) in [7, 11) is 0. The van der Waals surface area contributed by atoms with Crippen molar-refractivity contribution in [3.63, 3.8) is 0 Å². The molecule has 0 radical (unpaired) electrons. The Morgan fingerprint density at radius 3 is 2.41 bits per heavy atom. The predicted molar refractivity (Wildman–Crippen MR) is 83.2 cm³/mol. The first-order valence-corrected chi connectivity index (χ1v) is 7.20. The Balaban J connectivity index is 1.79. The van der Waals surface area contributed by atoms with Crippen molar-refractivity contribution >= 4 is 23.4 Å². The second-order valence-electron chi connectivity index (χ2n) is 4.98. The van der Waals surface area contributed by atoms with Crippen LogP contribution in [-0.4, -0.2) is 17.9 Å². The highest BCUT2D eigenvalue weighted by molar-refractivity contribution is 6.30. The van der Waals surface area contributed by atoms with Crippen molar-refractivity contribution in [2.45, 2.75) is 12.1 Å². The van der Waals surface area contributed by atoms with Gasteiger partial charge in [0.05, 0.1) is 6.04 Å². The lowest BCUT2D eigenvalue weighted by molar-refractivity contribution is -0.121. The first kappa shape index (κ1) is 14.6. The molecule has 0 aromatic heterocycles. The summed E-state index contributed by atoms with van der Waals surface area (Å²) in [4.78, 5) is 24.2. The monoisotopic (exact) mass is 315 g/mol. The number of hydrogen-bond donors (Lipinski definition) is 3. The van der Waals surface area contributed by atoms with Gasteiger partial charge in [0.15, 0.2) is 0 Å². The topological polar surface area (TPSA) is 70.2 Å². The Bertz CT molecular complexity index is 688. The van der Waals surface area contributed by atoms with Gasteiger partial charge in [-0.2, -0.15) is 0 Å². The Hall–Kier alpha value is -2.37. The molecule has 0 spiro atoms. The molecule has 1 heterocycles. The van der Waals surface area contributed by atoms with Crippen LogP contribution in [0, 0.1) is 0 Å². The molecule has 22 heavy (non-hydrogen) atoms. The van der Waals surface area contributed by atoms with E-state index in [0.29, 0.717) is 10.6 Å². The summed E-state index contributed by atoms with van der Waals surface area (Å²) in [6.45, 7) is 0. The second kappa shape index (κ2) is 6.17. The average molecular weight is 316 g/mol. The van der Waals surface area contributed by atoms with E-state index >= 15 is 0 Å². The molecule has 3 N–H and O–H groups in total. The van der Waals surface area contributed by atoms with E-state index < -0.39 is 6.04 Å². The largest absolute Gasteiger partial charge is 0.338 e. The van der Waals surface area contributed by atoms with Crippen LogP contribution < -0.4 is 16.2 Å². The second-order valence-corrected chi connectivity index (χ2v) is 5.42. The highest BCUT2D eigenvalue weighted by atomic mass is 35.5. The van der Waals surface area contributed by atoms with E-state index in [1.807, 2.05) is 18.2 Å². The number of amides is 2. The van der Waals surface area contributed by atoms with Crippen LogP contribution in [0.4, 0.5) is 0 Å². The van der Waals surface area contributed by atoms with Gasteiger partial charge in [-0.3, -0.25) is 15.0 Å². The number of rotatable bonds is 3. The number of hydrazine groups is 1. The average Bonchev–Trinajstić information content (AvgIpc) is 2.90. The highest BCUT2D eigenvalue weighted by Crippen LogP contribution is 2.22. The number of carbonyl (C=O) groups excluding carboxylic acids is 2. The predicted octanol–water partition coefficient (Wildman–Crippen LogP) is 1.81. The maximum atomic E-state index is 12.2. The van der Waals surface area contributed by atoms with E-state index in [9.17, 15) is 9.59 Å². The molecular weight excluding hydrogens is 302 g/mol. The fraction of sp³-hybridized carbons (Fsp3) is 0.125. The Morgan fingerprint density at radius 2 is 1.73 bits per heavy atom. The molecule has 2 aromatic rings. The SMILES string of the molecule is O=C(N[C@@H]1C(=O)NN[C@H]1c1ccc(Cl)cc1)c1ccccc1. The number of halogens is 1. The van der Waals surface area contributed by atoms with Crippen LogP contribution in [0.25, 0.3) is 0 Å². The summed E-state index contributed by atoms with van der Waals surface area (Å²) < 4.78 is 0. The van der Waals surface area contributed by atoms with Crippen molar-refractivity contribution in [2.75, 3.05) is 0 Å². The lowest BCUT2D eigenvalue weighted by Gasteiger charge is -2.18. The maximum absolute atomic E-state index is 12.2. The summed E-state index contributed by atoms with van der Waals surface area (Å²) in [5, 5.41) is 3.38. The Morgan fingerprint density at radius 1 is 1.05 bits per heavy atom. The van der Waals surface area contributed by atoms with Crippen LogP contribution >= 0.6 is 11.6 Å². The first-order valence-electron chi connectivity index (χ1n) is 6.82. The molecule has 1 aliphatic heterocycles. The number of nitrogens with one attached hydrogen (secondary N) is 3. The van der Waals surface area contributed by atoms with Crippen LogP contribution in [0.1, 0.15) is 22.0 Å². The van der Waals surface area contributed by atoms with Gasteiger partial charge in [0.25, 0.3) is 11.8 Å². The lowest BCUT2D eigenvalue weighted by atomic mass is 10.0. The van der Waals surface area contributed by atoms with E-state index in [-0.39, 0.29) is 17.9 Å². The van der Waals surface area contributed by atoms with Gasteiger partial charge in [-0.15, -0.1) is 0 Å². The summed E-state index contributed by atoms with van der Waals surface area (Å²) in [5.74, 6) is -0.562. The van der Waals surface area contributed by atoms with Crippen LogP contribution in [0.2, 0.25) is 5.02 Å². The maximum Gasteiger partial charge on any atom is 0.258 e. The van der Waals surface area contributed by atoms with Gasteiger partial charge in [0.1, 0.15) is 6.04 Å². The Kier molecular flexibility index (Phi) is 4.09. The first-order chi connectivity index (χ1) is 10.6. The van der Waals surface area contributed by atoms with Gasteiger partial charge >= 0.3 is 0 Å². The number of benzene rings is 2. The standard InChI is InChI=1S/C16H14ClN3O2/c17-12-8-6-10(7-9-12)13-14(16(22)20-19-13)18-15(21)11-4-2-1-3-5-11/h1-9,13-14,19H,(H,18,21)(H,20,22)/t13-,14-/m0/s1. The van der Waals surface area contributed by atoms with Crippen molar-refractivity contribution in [1.29, 1.82) is 0 Å². The zero-order valence-electron chi connectivity index (χ0n) is 11.5. The quantitative estimate of drug-likeness (QED) is 0.809. The third-order valence-corrected chi connectivity index (χ3v) is 3.77. The summed E-state index contributed by atoms with van der Waals surface area (Å²) in [5.41, 5.74) is 6.82. The van der Waals surface area contributed by atoms with Crippen LogP contribution in [0.3, 0.4) is 0 Å². The summed E-state index contributed by atoms with van der Waals surface area (Å²) >= 11 is 5.88. The van der Waals surface area contributed by atoms with E-state index in [4.69, 9.17) is 11.6 Å². The van der Waals surface area contributed by atoms with Gasteiger partial charge in [0.2, 0.25) is 0 Å². The van der Waals surface area contributed by atoms with Crippen molar-refractivity contribution in [1.82, 2.24) is 16.2 Å². The molecule has 1 saturated heterocycles. The van der Waals surface area contributed by atoms with Crippen LogP contribution in [0.5, 0.6) is 0 Å². The molecule has 1 aliphatic rings. The van der Waals surface area contributed by atoms with Crippen molar-refractivity contribution in [3.8, 4) is 0 Å². The minimum absolute atomic E-state index is 0.274. The third-order valence-electron chi connectivity index (χ3n) is 3.52. The molecule has 0 bridgehead atoms. The van der Waals surface area contributed by atoms with Crippen LogP contribution in [0.15, 0.2) is 54.6 Å². The van der Waals surface area contributed by atoms with Gasteiger partial charge in [-0.25, -0.2) is 5.43 Å². The molecule has 2 atom stereocenters. The molecular formula is C16H14ClN3O2. The molecule has 0 aliphatic carbocycles. The van der Waals surface area contributed by atoms with Crippen molar-refractivity contribution < 1.29 is 9.59 Å². The fourth-order valence-corrected chi connectivity index (χ4v) is 2.50. The molecule has 1 fully saturated rings. The normalized spacial score (nSPS) is 20.5. The van der Waals surface area contributed by atoms with E-state index in [2.05, 4.69) is 16.2 Å². The number of carbonyl (C=O) groups is 2. The molecule has 3 rings (SSSR count). The van der Waals surface area contributed by atoms with E-state index in [1.54, 1.807) is 36.4 Å². The van der Waals surface area contributed by atoms with Gasteiger partial charge < -0.3 is 5.32 Å². The highest BCUT2D eigenvalue weighted by Gasteiger charge is 2.36. The zero-order valence-corrected chi connectivity index (χ0v) is 12.3. The molecule has 5 nitrogen and oxygen atoms in total. The Labute approximate surface area is 132 Å². The smallest absolute Gasteiger partial charge is 0.258 e. The van der Waals surface area contributed by atoms with Crippen molar-refractivity contribution in [2.24, 2.45) is 0 Å². The summed E-state index contributed by atoms with van der Waals surface area (Å²) in [6.07, 6.45) is 0.